The summed E-state index contributed by atoms with van der Waals surface area (Å²) in [6.45, 7) is 0. The number of hydrogen-bond acceptors (Lipinski definition) is 2. The van der Waals surface area contributed by atoms with Gasteiger partial charge in [-0.3, -0.25) is 0 Å². The normalized spacial score (nSPS) is 11.5. The Hall–Kier alpha value is -1.81. The van der Waals surface area contributed by atoms with Gasteiger partial charge in [0.15, 0.2) is 0 Å². The molecule has 0 aliphatic rings. The standard InChI is InChI=1S/C17H15NO2SSe/c1-21(19,20)18-16-12-11-13-7-5-6-10-15(13)17(16)22-14-8-3-2-4-9-14/h2-12,18H,1H3. The Bertz CT molecular complexity index is 908. The van der Waals surface area contributed by atoms with Gasteiger partial charge < -0.3 is 0 Å². The van der Waals surface area contributed by atoms with Crippen LogP contribution in [0.5, 0.6) is 0 Å². The second kappa shape index (κ2) is 6.13. The molecule has 0 spiro atoms. The molecule has 0 aliphatic carbocycles. The van der Waals surface area contributed by atoms with Crippen molar-refractivity contribution in [3.63, 3.8) is 0 Å². The molecule has 0 amide bonds. The first kappa shape index (κ1) is 15.1. The Morgan fingerprint density at radius 2 is 1.55 bits per heavy atom. The van der Waals surface area contributed by atoms with E-state index in [-0.39, 0.29) is 15.0 Å². The van der Waals surface area contributed by atoms with Crippen LogP contribution in [0.15, 0.2) is 66.7 Å². The van der Waals surface area contributed by atoms with E-state index in [1.165, 1.54) is 10.7 Å². The van der Waals surface area contributed by atoms with Crippen LogP contribution in [0, 0.1) is 0 Å². The molecule has 0 fully saturated rings. The molecule has 0 unspecified atom stereocenters. The number of benzene rings is 3. The van der Waals surface area contributed by atoms with Gasteiger partial charge in [0.25, 0.3) is 0 Å². The molecular weight excluding hydrogens is 361 g/mol. The van der Waals surface area contributed by atoms with E-state index in [1.807, 2.05) is 54.6 Å². The van der Waals surface area contributed by atoms with Crippen molar-refractivity contribution >= 4 is 50.4 Å². The molecule has 1 N–H and O–H groups in total. The Morgan fingerprint density at radius 3 is 2.27 bits per heavy atom. The zero-order valence-corrected chi connectivity index (χ0v) is 14.5. The van der Waals surface area contributed by atoms with Crippen LogP contribution in [0.25, 0.3) is 10.8 Å². The van der Waals surface area contributed by atoms with Gasteiger partial charge in [-0.25, -0.2) is 0 Å². The maximum absolute atomic E-state index is 11.6. The van der Waals surface area contributed by atoms with Gasteiger partial charge in [0.2, 0.25) is 0 Å². The number of fused-ring (bicyclic) bond motifs is 1. The van der Waals surface area contributed by atoms with Crippen molar-refractivity contribution in [3.05, 3.63) is 66.7 Å². The average Bonchev–Trinajstić information content (AvgIpc) is 2.49. The van der Waals surface area contributed by atoms with Crippen LogP contribution in [0.2, 0.25) is 0 Å². The van der Waals surface area contributed by atoms with Crippen molar-refractivity contribution in [1.82, 2.24) is 0 Å². The quantitative estimate of drug-likeness (QED) is 0.707. The molecule has 0 atom stereocenters. The number of hydrogen-bond donors (Lipinski definition) is 1. The Labute approximate surface area is 136 Å². The molecule has 0 aliphatic heterocycles. The zero-order valence-electron chi connectivity index (χ0n) is 12.0. The van der Waals surface area contributed by atoms with Gasteiger partial charge in [-0.15, -0.1) is 0 Å². The fraction of sp³-hybridized carbons (Fsp3) is 0.0588. The molecule has 3 aromatic carbocycles. The van der Waals surface area contributed by atoms with Crippen molar-refractivity contribution in [2.24, 2.45) is 0 Å². The first-order valence-electron chi connectivity index (χ1n) is 6.75. The molecule has 0 radical (unpaired) electrons. The summed E-state index contributed by atoms with van der Waals surface area (Å²) in [7, 11) is -3.30. The minimum atomic E-state index is -3.30. The molecule has 0 saturated carbocycles. The van der Waals surface area contributed by atoms with Crippen LogP contribution in [-0.4, -0.2) is 29.6 Å². The van der Waals surface area contributed by atoms with E-state index in [2.05, 4.69) is 16.9 Å². The van der Waals surface area contributed by atoms with E-state index in [0.29, 0.717) is 5.69 Å². The van der Waals surface area contributed by atoms with Crippen molar-refractivity contribution in [2.75, 3.05) is 11.0 Å². The van der Waals surface area contributed by atoms with E-state index in [1.54, 1.807) is 0 Å². The van der Waals surface area contributed by atoms with E-state index in [4.69, 9.17) is 0 Å². The van der Waals surface area contributed by atoms with Crippen LogP contribution >= 0.6 is 0 Å². The monoisotopic (exact) mass is 377 g/mol. The van der Waals surface area contributed by atoms with Crippen molar-refractivity contribution in [1.29, 1.82) is 0 Å². The number of nitrogens with one attached hydrogen (secondary N) is 1. The van der Waals surface area contributed by atoms with Gasteiger partial charge in [-0.1, -0.05) is 0 Å². The van der Waals surface area contributed by atoms with E-state index < -0.39 is 10.0 Å². The number of anilines is 1. The van der Waals surface area contributed by atoms with Gasteiger partial charge in [0.05, 0.1) is 0 Å². The predicted molar refractivity (Wildman–Crippen MR) is 93.9 cm³/mol. The van der Waals surface area contributed by atoms with Gasteiger partial charge >= 0.3 is 136 Å². The topological polar surface area (TPSA) is 46.2 Å². The summed E-state index contributed by atoms with van der Waals surface area (Å²) in [6, 6.07) is 22.0. The zero-order chi connectivity index (χ0) is 15.6. The van der Waals surface area contributed by atoms with Crippen LogP contribution in [0.3, 0.4) is 0 Å². The molecule has 5 heteroatoms. The van der Waals surface area contributed by atoms with E-state index in [9.17, 15) is 8.42 Å². The van der Waals surface area contributed by atoms with Crippen LogP contribution < -0.4 is 13.6 Å². The third-order valence-electron chi connectivity index (χ3n) is 3.14. The predicted octanol–water partition coefficient (Wildman–Crippen LogP) is 1.87. The van der Waals surface area contributed by atoms with Gasteiger partial charge in [-0.05, 0) is 0 Å². The SMILES string of the molecule is CS(=O)(=O)Nc1ccc2ccccc2c1[Se]c1ccccc1. The summed E-state index contributed by atoms with van der Waals surface area (Å²) in [4.78, 5) is 0. The summed E-state index contributed by atoms with van der Waals surface area (Å²) < 4.78 is 28.2. The van der Waals surface area contributed by atoms with Crippen LogP contribution in [0.1, 0.15) is 0 Å². The van der Waals surface area contributed by atoms with Gasteiger partial charge in [0, 0.05) is 0 Å². The van der Waals surface area contributed by atoms with E-state index in [0.717, 1.165) is 15.2 Å². The molecule has 3 nitrogen and oxygen atoms in total. The summed E-state index contributed by atoms with van der Waals surface area (Å²) in [5.74, 6) is 0. The molecule has 112 valence electrons. The summed E-state index contributed by atoms with van der Waals surface area (Å²) in [5.41, 5.74) is 0.671. The molecule has 3 rings (SSSR count). The average molecular weight is 376 g/mol. The Kier molecular flexibility index (Phi) is 4.21. The molecule has 3 aromatic rings. The van der Waals surface area contributed by atoms with Crippen LogP contribution in [0.4, 0.5) is 5.69 Å². The fourth-order valence-electron chi connectivity index (χ4n) is 2.24. The Morgan fingerprint density at radius 1 is 0.864 bits per heavy atom. The Balaban J connectivity index is 2.16. The first-order chi connectivity index (χ1) is 10.5. The molecule has 0 saturated heterocycles. The minimum absolute atomic E-state index is 0.0230. The summed E-state index contributed by atoms with van der Waals surface area (Å²) in [6.07, 6.45) is 1.18. The molecule has 0 heterocycles. The van der Waals surface area contributed by atoms with E-state index >= 15 is 0 Å². The van der Waals surface area contributed by atoms with Crippen molar-refractivity contribution in [2.45, 2.75) is 0 Å². The fourth-order valence-corrected chi connectivity index (χ4v) is 5.17. The van der Waals surface area contributed by atoms with Gasteiger partial charge in [-0.2, -0.15) is 0 Å². The van der Waals surface area contributed by atoms with Crippen molar-refractivity contribution < 1.29 is 8.42 Å². The molecule has 22 heavy (non-hydrogen) atoms. The summed E-state index contributed by atoms with van der Waals surface area (Å²) >= 11 is 0.0230. The third kappa shape index (κ3) is 3.50. The van der Waals surface area contributed by atoms with Crippen molar-refractivity contribution in [3.8, 4) is 0 Å². The van der Waals surface area contributed by atoms with Gasteiger partial charge in [0.1, 0.15) is 0 Å². The third-order valence-corrected chi connectivity index (χ3v) is 6.15. The van der Waals surface area contributed by atoms with Crippen LogP contribution in [-0.2, 0) is 10.0 Å². The summed E-state index contributed by atoms with van der Waals surface area (Å²) in [5, 5.41) is 2.22. The second-order valence-corrected chi connectivity index (χ2v) is 8.98. The number of rotatable bonds is 4. The number of sulfonamides is 1. The molecule has 0 bridgehead atoms. The second-order valence-electron chi connectivity index (χ2n) is 4.95. The molecule has 0 aromatic heterocycles. The molecular formula is C17H15NO2SSe. The maximum atomic E-state index is 11.6. The first-order valence-corrected chi connectivity index (χ1v) is 10.4.